The van der Waals surface area contributed by atoms with E-state index in [1.54, 1.807) is 30.3 Å². The van der Waals surface area contributed by atoms with E-state index in [0.717, 1.165) is 44.0 Å². The van der Waals surface area contributed by atoms with Crippen LogP contribution in [0.15, 0.2) is 84.8 Å². The minimum absolute atomic E-state index is 0.0220. The third-order valence-corrected chi connectivity index (χ3v) is 7.04. The highest BCUT2D eigenvalue weighted by atomic mass is 16.5. The zero-order chi connectivity index (χ0) is 35.9. The maximum absolute atomic E-state index is 10.7. The number of fused-ring (bicyclic) bond motifs is 1. The summed E-state index contributed by atoms with van der Waals surface area (Å²) in [7, 11) is 0. The smallest absolute Gasteiger partial charge is 0.339 e. The third-order valence-electron chi connectivity index (χ3n) is 7.04. The normalized spacial score (nSPS) is 13.2. The van der Waals surface area contributed by atoms with Crippen LogP contribution in [-0.4, -0.2) is 57.8 Å². The average molecular weight is 609 g/mol. The van der Waals surface area contributed by atoms with Crippen LogP contribution in [0.4, 0.5) is 0 Å². The van der Waals surface area contributed by atoms with Crippen molar-refractivity contribution in [2.45, 2.75) is 57.7 Å². The molecule has 0 fully saturated rings. The van der Waals surface area contributed by atoms with Crippen LogP contribution in [0.5, 0.6) is 11.5 Å². The van der Waals surface area contributed by atoms with Crippen LogP contribution in [-0.2, 0) is 17.8 Å². The molecule has 0 saturated carbocycles. The summed E-state index contributed by atoms with van der Waals surface area (Å²) in [6, 6.07) is 13.8. The quantitative estimate of drug-likeness (QED) is 0.0763. The first-order valence-corrected chi connectivity index (χ1v) is 14.9. The number of phenols is 2. The predicted molar refractivity (Wildman–Crippen MR) is 173 cm³/mol. The monoisotopic (exact) mass is 608 g/mol. The van der Waals surface area contributed by atoms with Gasteiger partial charge in [0.25, 0.3) is 0 Å². The van der Waals surface area contributed by atoms with Crippen molar-refractivity contribution in [1.82, 2.24) is 5.32 Å². The number of aromatic carboxylic acids is 1. The average Bonchev–Trinajstić information content (AvgIpc) is 3.10. The minimum Gasteiger partial charge on any atom is -0.508 e. The Bertz CT molecular complexity index is 1660. The molecular formula is C36H45NO7. The Balaban J connectivity index is 0.000000382. The van der Waals surface area contributed by atoms with Gasteiger partial charge in [0.05, 0.1) is 19.6 Å². The van der Waals surface area contributed by atoms with E-state index in [-0.39, 0.29) is 53.9 Å². The second kappa shape index (κ2) is 19.4. The van der Waals surface area contributed by atoms with Gasteiger partial charge in [0.2, 0.25) is 0 Å². The number of aliphatic hydroxyl groups excluding tert-OH is 2. The van der Waals surface area contributed by atoms with E-state index in [2.05, 4.69) is 5.32 Å². The second-order valence-corrected chi connectivity index (χ2v) is 10.3. The number of unbranched alkanes of at least 4 members (excludes halogenated alkanes) is 4. The van der Waals surface area contributed by atoms with Gasteiger partial charge >= 0.3 is 5.97 Å². The van der Waals surface area contributed by atoms with Gasteiger partial charge in [-0.05, 0) is 73.4 Å². The molecule has 0 radical (unpaired) electrons. The topological polar surface area (TPSA) is 139 Å². The minimum atomic E-state index is -1.12. The van der Waals surface area contributed by atoms with E-state index in [0.29, 0.717) is 54.7 Å². The van der Waals surface area contributed by atoms with Crippen molar-refractivity contribution in [2.24, 2.45) is 0 Å². The molecule has 0 amide bonds. The number of hydrogen-bond acceptors (Lipinski definition) is 7. The van der Waals surface area contributed by atoms with Crippen LogP contribution >= 0.6 is 0 Å². The lowest BCUT2D eigenvalue weighted by Gasteiger charge is -2.14. The summed E-state index contributed by atoms with van der Waals surface area (Å²) in [6.45, 7) is 2.19. The van der Waals surface area contributed by atoms with Gasteiger partial charge in [-0.3, -0.25) is 0 Å². The van der Waals surface area contributed by atoms with Crippen molar-refractivity contribution in [2.75, 3.05) is 26.3 Å². The number of carboxylic acid groups (broad SMARTS) is 1. The Morgan fingerprint density at radius 2 is 1.61 bits per heavy atom. The first kappa shape index (κ1) is 27.6. The number of rotatable bonds is 17. The van der Waals surface area contributed by atoms with Crippen molar-refractivity contribution >= 4 is 16.7 Å². The highest BCUT2D eigenvalue weighted by molar-refractivity contribution is 6.00. The van der Waals surface area contributed by atoms with Crippen LogP contribution in [0.2, 0.25) is 0 Å². The Morgan fingerprint density at radius 1 is 0.886 bits per heavy atom. The highest BCUT2D eigenvalue weighted by Gasteiger charge is 2.12. The molecule has 4 aromatic rings. The number of hydrogen-bond donors (Lipinski definition) is 6. The Labute approximate surface area is 266 Å². The molecule has 1 unspecified atom stereocenters. The molecule has 0 bridgehead atoms. The molecule has 1 atom stereocenters. The van der Waals surface area contributed by atoms with E-state index in [1.807, 2.05) is 12.1 Å². The van der Waals surface area contributed by atoms with Gasteiger partial charge in [-0.2, -0.15) is 0 Å². The zero-order valence-electron chi connectivity index (χ0n) is 29.8. The van der Waals surface area contributed by atoms with Crippen LogP contribution in [0.25, 0.3) is 10.8 Å². The van der Waals surface area contributed by atoms with E-state index < -0.39 is 12.1 Å². The molecule has 236 valence electrons. The summed E-state index contributed by atoms with van der Waals surface area (Å²) in [5.74, 6) is -1.27. The van der Waals surface area contributed by atoms with E-state index in [4.69, 9.17) is 16.7 Å². The summed E-state index contributed by atoms with van der Waals surface area (Å²) in [5.41, 5.74) is 1.36. The van der Waals surface area contributed by atoms with Gasteiger partial charge in [-0.25, -0.2) is 4.79 Å². The van der Waals surface area contributed by atoms with Crippen molar-refractivity contribution in [3.8, 4) is 11.5 Å². The largest absolute Gasteiger partial charge is 0.508 e. The molecule has 4 rings (SSSR count). The zero-order valence-corrected chi connectivity index (χ0v) is 24.8. The molecule has 0 aliphatic heterocycles. The summed E-state index contributed by atoms with van der Waals surface area (Å²) in [4.78, 5) is 10.7. The second-order valence-electron chi connectivity index (χ2n) is 10.3. The molecule has 4 aromatic carbocycles. The van der Waals surface area contributed by atoms with Crippen LogP contribution in [0.1, 0.15) is 78.5 Å². The lowest BCUT2D eigenvalue weighted by atomic mass is 10.1. The van der Waals surface area contributed by atoms with Gasteiger partial charge < -0.3 is 35.6 Å². The predicted octanol–water partition coefficient (Wildman–Crippen LogP) is 6.35. The summed E-state index contributed by atoms with van der Waals surface area (Å²) < 4.78 is 44.6. The molecule has 0 heterocycles. The summed E-state index contributed by atoms with van der Waals surface area (Å²) >= 11 is 0. The molecule has 0 spiro atoms. The standard InChI is InChI=1S/C25H37NO4.C11H8O3/c27-20-23-18-22(13-14-24(23)28)25(29)19-26-15-7-1-2-8-16-30-17-9-6-12-21-10-4-3-5-11-21;12-10-8-4-2-1-3-7(8)5-6-9(10)11(13)14/h3-5,10-11,13-14,18,25-29H,1-2,6-9,12,15-17,19-20H2;1-6,12H,(H,13,14)/i3D,4D,5D,10D,11D;. The van der Waals surface area contributed by atoms with Crippen LogP contribution in [0.3, 0.4) is 0 Å². The molecule has 0 aliphatic rings. The fraction of sp³-hybridized carbons (Fsp3) is 0.361. The Hall–Kier alpha value is -3.95. The van der Waals surface area contributed by atoms with Crippen molar-refractivity contribution < 1.29 is 41.9 Å². The molecule has 6 N–H and O–H groups in total. The highest BCUT2D eigenvalue weighted by Crippen LogP contribution is 2.28. The fourth-order valence-electron chi connectivity index (χ4n) is 4.54. The van der Waals surface area contributed by atoms with E-state index in [9.17, 15) is 25.2 Å². The van der Waals surface area contributed by atoms with Gasteiger partial charge in [0.15, 0.2) is 0 Å². The summed E-state index contributed by atoms with van der Waals surface area (Å²) in [6.07, 6.45) is 5.27. The molecule has 0 saturated heterocycles. The Morgan fingerprint density at radius 3 is 2.36 bits per heavy atom. The number of ether oxygens (including phenoxy) is 1. The van der Waals surface area contributed by atoms with Gasteiger partial charge in [0, 0.05) is 30.7 Å². The molecular weight excluding hydrogens is 558 g/mol. The number of carboxylic acids is 1. The van der Waals surface area contributed by atoms with Crippen LogP contribution in [0, 0.1) is 0 Å². The van der Waals surface area contributed by atoms with Crippen molar-refractivity contribution in [1.29, 1.82) is 0 Å². The number of aromatic hydroxyl groups is 2. The third kappa shape index (κ3) is 11.6. The lowest BCUT2D eigenvalue weighted by Crippen LogP contribution is -2.22. The summed E-state index contributed by atoms with van der Waals surface area (Å²) in [5, 5.41) is 52.1. The van der Waals surface area contributed by atoms with E-state index in [1.165, 1.54) is 12.1 Å². The first-order valence-electron chi connectivity index (χ1n) is 17.4. The molecule has 8 nitrogen and oxygen atoms in total. The molecule has 8 heteroatoms. The maximum atomic E-state index is 10.7. The maximum Gasteiger partial charge on any atom is 0.339 e. The Kier molecular flexibility index (Phi) is 12.1. The molecule has 44 heavy (non-hydrogen) atoms. The first-order chi connectivity index (χ1) is 23.5. The fourth-order valence-corrected chi connectivity index (χ4v) is 4.54. The number of carbonyl (C=O) groups is 1. The van der Waals surface area contributed by atoms with Crippen molar-refractivity contribution in [3.05, 3.63) is 107 Å². The number of benzene rings is 4. The molecule has 0 aliphatic carbocycles. The lowest BCUT2D eigenvalue weighted by molar-refractivity contribution is 0.0694. The van der Waals surface area contributed by atoms with Crippen molar-refractivity contribution in [3.63, 3.8) is 0 Å². The van der Waals surface area contributed by atoms with Gasteiger partial charge in [-0.15, -0.1) is 0 Å². The SMILES string of the molecule is O=C(O)c1ccc2ccccc2c1O.[2H]c1c([2H])c([2H])c(CCCCOCCCCCCNCC(O)c2ccc(O)c(CO)c2)c([2H])c1[2H]. The van der Waals surface area contributed by atoms with Gasteiger partial charge in [0.1, 0.15) is 17.1 Å². The number of aliphatic hydroxyl groups is 2. The molecule has 0 aromatic heterocycles. The van der Waals surface area contributed by atoms with Gasteiger partial charge in [-0.1, -0.05) is 79.5 Å². The van der Waals surface area contributed by atoms with Crippen LogP contribution < -0.4 is 5.32 Å². The number of nitrogens with one attached hydrogen (secondary N) is 1. The van der Waals surface area contributed by atoms with E-state index >= 15 is 0 Å².